The third-order valence-corrected chi connectivity index (χ3v) is 12.4. The van der Waals surface area contributed by atoms with Gasteiger partial charge in [-0.05, 0) is 118 Å². The molecule has 28 nitrogen and oxygen atoms in total. The number of carbonyl (C=O) groups is 1. The molecule has 7 aromatic heterocycles. The van der Waals surface area contributed by atoms with Gasteiger partial charge in [-0.1, -0.05) is 51.3 Å². The predicted octanol–water partition coefficient (Wildman–Crippen LogP) is 13.4. The van der Waals surface area contributed by atoms with E-state index in [-0.39, 0.29) is 11.7 Å². The van der Waals surface area contributed by atoms with Gasteiger partial charge in [-0.2, -0.15) is 20.5 Å². The quantitative estimate of drug-likeness (QED) is 0.0144. The number of nitrogens with zero attached hydrogens (tertiary/aromatic N) is 12. The number of halogens is 1. The minimum Gasteiger partial charge on any atom is -0.490 e. The average molecular weight is 1340 g/mol. The van der Waals surface area contributed by atoms with Crippen LogP contribution in [0.1, 0.15) is 48.2 Å². The highest BCUT2D eigenvalue weighted by Crippen LogP contribution is 2.40. The number of benzene rings is 5. The smallest absolute Gasteiger partial charge is 0.255 e. The van der Waals surface area contributed by atoms with E-state index in [1.807, 2.05) is 45.0 Å². The lowest BCUT2D eigenvalue weighted by molar-refractivity contribution is 0.102. The minimum atomic E-state index is -0.333. The van der Waals surface area contributed by atoms with Gasteiger partial charge in [0.2, 0.25) is 30.2 Å². The Balaban J connectivity index is 0.000000168. The first-order valence-electron chi connectivity index (χ1n) is 29.2. The molecule has 10 N–H and O–H groups in total. The second-order valence-corrected chi connectivity index (χ2v) is 19.7. The number of aromatic nitrogens is 9. The van der Waals surface area contributed by atoms with E-state index < -0.39 is 0 Å². The minimum absolute atomic E-state index is 0.0759. The zero-order valence-electron chi connectivity index (χ0n) is 52.4. The largest absolute Gasteiger partial charge is 0.490 e. The van der Waals surface area contributed by atoms with E-state index in [0.717, 1.165) is 0 Å². The molecule has 5 aromatic carbocycles. The van der Waals surface area contributed by atoms with E-state index in [4.69, 9.17) is 87.9 Å². The average Bonchev–Trinajstić information content (AvgIpc) is 2.15. The van der Waals surface area contributed by atoms with Crippen LogP contribution in [0.15, 0.2) is 228 Å². The van der Waals surface area contributed by atoms with Crippen molar-refractivity contribution >= 4 is 46.1 Å². The van der Waals surface area contributed by atoms with Crippen molar-refractivity contribution in [3.05, 3.63) is 241 Å². The predicted molar refractivity (Wildman–Crippen MR) is 362 cm³/mol. The van der Waals surface area contributed by atoms with Crippen molar-refractivity contribution in [2.24, 2.45) is 10.9 Å². The summed E-state index contributed by atoms with van der Waals surface area (Å²) in [5.41, 5.74) is 27.3. The lowest BCUT2D eigenvalue weighted by atomic mass is 10.1. The molecule has 0 unspecified atom stereocenters. The Bertz CT molecular complexity index is 4640. The van der Waals surface area contributed by atoms with Crippen LogP contribution in [0.3, 0.4) is 0 Å². The van der Waals surface area contributed by atoms with Crippen molar-refractivity contribution in [1.82, 2.24) is 45.2 Å². The highest BCUT2D eigenvalue weighted by molar-refractivity contribution is 6.30. The number of hydrogen-bond acceptors (Lipinski definition) is 26. The standard InChI is InChI=1S/C26H26N4O6.C13H10N4O2.C12H12N4O2.C12H9N3O.C6H3ClN2/c1-4-32-22-12-17(13-23(33-5-2)24(22)34-6-3)26(31)29-18-8-7-9-19(14-18)36-20-10-11-27-21(15-20)25-28-16-35-30-25;14-9-2-1-3-10(6-9)19-11-4-5-15-12(7-11)13-16-8-18-17-13;13-8-2-1-3-9(6-8)18-10-4-5-15-11(7-10)12(14)16-17;13-8-10-7-12(4-5-15-10)16-11-3-1-2-9(14)6-11;7-5-1-2-9-6(3-5)4-8/h7-16H,4-6H2,1-3H3,(H,29,31);1-8H,14H2;1-7,17H,13H2,(H2,14,16);1-7H,14H2;1-3H. The van der Waals surface area contributed by atoms with Gasteiger partial charge in [0.25, 0.3) is 5.91 Å². The second-order valence-electron chi connectivity index (χ2n) is 19.3. The number of hydrogen-bond donors (Lipinski definition) is 6. The molecule has 0 aliphatic heterocycles. The van der Waals surface area contributed by atoms with Crippen molar-refractivity contribution in [3.63, 3.8) is 0 Å². The summed E-state index contributed by atoms with van der Waals surface area (Å²) in [6.07, 6.45) is 10.2. The van der Waals surface area contributed by atoms with E-state index in [2.05, 4.69) is 60.2 Å². The van der Waals surface area contributed by atoms with Gasteiger partial charge in [0.1, 0.15) is 86.6 Å². The van der Waals surface area contributed by atoms with Gasteiger partial charge < -0.3 is 75.7 Å². The summed E-state index contributed by atoms with van der Waals surface area (Å²) in [4.78, 5) is 40.9. The van der Waals surface area contributed by atoms with E-state index >= 15 is 0 Å². The summed E-state index contributed by atoms with van der Waals surface area (Å²) < 4.78 is 49.4. The fourth-order valence-electron chi connectivity index (χ4n) is 8.07. The van der Waals surface area contributed by atoms with Crippen LogP contribution in [0.5, 0.6) is 63.2 Å². The Morgan fingerprint density at radius 1 is 0.510 bits per heavy atom. The number of ether oxygens (including phenoxy) is 7. The molecule has 494 valence electrons. The van der Waals surface area contributed by atoms with Gasteiger partial charge in [0.15, 0.2) is 17.3 Å². The highest BCUT2D eigenvalue weighted by Gasteiger charge is 2.19. The molecule has 98 heavy (non-hydrogen) atoms. The molecule has 0 aliphatic carbocycles. The number of amidine groups is 1. The zero-order valence-corrected chi connectivity index (χ0v) is 53.2. The van der Waals surface area contributed by atoms with Crippen molar-refractivity contribution in [2.45, 2.75) is 20.8 Å². The van der Waals surface area contributed by atoms with Crippen molar-refractivity contribution in [1.29, 1.82) is 10.5 Å². The van der Waals surface area contributed by atoms with Gasteiger partial charge in [-0.3, -0.25) is 19.7 Å². The van der Waals surface area contributed by atoms with E-state index in [1.54, 1.807) is 164 Å². The summed E-state index contributed by atoms with van der Waals surface area (Å²) in [6.45, 7) is 6.87. The number of carbonyl (C=O) groups excluding carboxylic acids is 1. The summed E-state index contributed by atoms with van der Waals surface area (Å²) in [5.74, 6) is 6.40. The number of pyridine rings is 5. The van der Waals surface area contributed by atoms with E-state index in [9.17, 15) is 4.79 Å². The van der Waals surface area contributed by atoms with Crippen LogP contribution in [0.25, 0.3) is 23.0 Å². The van der Waals surface area contributed by atoms with Crippen LogP contribution in [0, 0.1) is 22.7 Å². The molecule has 0 atom stereocenters. The number of anilines is 4. The van der Waals surface area contributed by atoms with Crippen LogP contribution in [0.2, 0.25) is 5.02 Å². The van der Waals surface area contributed by atoms with Crippen LogP contribution in [0.4, 0.5) is 22.7 Å². The fraction of sp³-hybridized carbons (Fsp3) is 0.0870. The second kappa shape index (κ2) is 36.4. The van der Waals surface area contributed by atoms with Gasteiger partial charge in [0, 0.05) is 113 Å². The third kappa shape index (κ3) is 21.9. The molecule has 0 radical (unpaired) electrons. The van der Waals surface area contributed by atoms with Crippen molar-refractivity contribution < 1.29 is 52.2 Å². The lowest BCUT2D eigenvalue weighted by Crippen LogP contribution is -2.14. The van der Waals surface area contributed by atoms with Gasteiger partial charge >= 0.3 is 0 Å². The molecule has 12 rings (SSSR count). The van der Waals surface area contributed by atoms with Gasteiger partial charge in [-0.25, -0.2) is 9.97 Å². The topological polar surface area (TPSA) is 420 Å². The number of nitrogen functional groups attached to an aromatic ring is 3. The van der Waals surface area contributed by atoms with Crippen molar-refractivity contribution in [2.75, 3.05) is 42.3 Å². The molecular formula is C69H60ClN17O11. The molecule has 0 saturated carbocycles. The first kappa shape index (κ1) is 70.0. The molecule has 0 spiro atoms. The Morgan fingerprint density at radius 3 is 1.36 bits per heavy atom. The molecule has 12 aromatic rings. The Kier molecular flexibility index (Phi) is 26.0. The van der Waals surface area contributed by atoms with Crippen LogP contribution >= 0.6 is 11.6 Å². The molecule has 7 heterocycles. The molecular weight excluding hydrogens is 1280 g/mol. The monoisotopic (exact) mass is 1340 g/mol. The Morgan fingerprint density at radius 2 is 0.929 bits per heavy atom. The number of nitriles is 2. The van der Waals surface area contributed by atoms with E-state index in [1.165, 1.54) is 37.4 Å². The summed E-state index contributed by atoms with van der Waals surface area (Å²) in [5, 5.41) is 39.4. The maximum absolute atomic E-state index is 13.1. The number of nitrogens with two attached hydrogens (primary N) is 4. The molecule has 1 amide bonds. The van der Waals surface area contributed by atoms with Gasteiger partial charge in [0.05, 0.1) is 19.8 Å². The van der Waals surface area contributed by atoms with E-state index in [0.29, 0.717) is 157 Å². The first-order chi connectivity index (χ1) is 47.7. The Hall–Kier alpha value is -13.9. The lowest BCUT2D eigenvalue weighted by Gasteiger charge is -2.17. The highest BCUT2D eigenvalue weighted by atomic mass is 35.5. The van der Waals surface area contributed by atoms with Crippen molar-refractivity contribution in [3.8, 4) is 98.4 Å². The van der Waals surface area contributed by atoms with Gasteiger partial charge in [-0.15, -0.1) is 0 Å². The SMILES string of the molecule is CCOc1cc(C(=O)Nc2cccc(Oc3ccnc(-c4ncon4)c3)c2)cc(OCC)c1OCC.N#Cc1cc(Cl)ccn1.N#Cc1cc(Oc2cccc(N)c2)ccn1.NC(=NO)c1cc(Oc2cccc(N)c2)ccn1.Nc1cccc(Oc2ccnc(-c3ncon3)c2)c1. The first-order valence-corrected chi connectivity index (χ1v) is 29.6. The number of rotatable bonds is 19. The number of nitrogens with one attached hydrogen (secondary N) is 1. The number of oxime groups is 1. The summed E-state index contributed by atoms with van der Waals surface area (Å²) in [6, 6.07) is 52.0. The normalized spacial score (nSPS) is 10.2. The molecule has 0 saturated heterocycles. The molecule has 0 bridgehead atoms. The zero-order chi connectivity index (χ0) is 69.4. The third-order valence-electron chi connectivity index (χ3n) is 12.2. The maximum atomic E-state index is 13.1. The Labute approximate surface area is 565 Å². The number of amides is 1. The molecule has 29 heteroatoms. The van der Waals surface area contributed by atoms with Crippen LogP contribution in [-0.4, -0.2) is 82.0 Å². The van der Waals surface area contributed by atoms with Crippen LogP contribution in [-0.2, 0) is 0 Å². The fourth-order valence-corrected chi connectivity index (χ4v) is 8.23. The molecule has 0 aliphatic rings. The van der Waals surface area contributed by atoms with Crippen LogP contribution < -0.4 is 61.4 Å². The molecule has 0 fully saturated rings. The maximum Gasteiger partial charge on any atom is 0.255 e. The summed E-state index contributed by atoms with van der Waals surface area (Å²) in [7, 11) is 0. The summed E-state index contributed by atoms with van der Waals surface area (Å²) >= 11 is 5.53.